The fourth-order valence-corrected chi connectivity index (χ4v) is 4.34. The van der Waals surface area contributed by atoms with Gasteiger partial charge in [0.15, 0.2) is 6.61 Å². The summed E-state index contributed by atoms with van der Waals surface area (Å²) in [5.74, 6) is 0.324. The molecule has 1 fully saturated rings. The molecular weight excluding hydrogens is 468 g/mol. The maximum Gasteiger partial charge on any atom is 0.261 e. The summed E-state index contributed by atoms with van der Waals surface area (Å²) >= 11 is 3.48. The van der Waals surface area contributed by atoms with Crippen LogP contribution in [0.1, 0.15) is 55.7 Å². The molecule has 172 valence electrons. The highest BCUT2D eigenvalue weighted by atomic mass is 79.9. The second-order valence-corrected chi connectivity index (χ2v) is 9.58. The van der Waals surface area contributed by atoms with Gasteiger partial charge in [-0.05, 0) is 62.9 Å². The molecule has 1 saturated carbocycles. The number of nitrogens with zero attached hydrogens (tertiary/aromatic N) is 1. The number of hydrogen-bond donors (Lipinski definition) is 1. The van der Waals surface area contributed by atoms with Gasteiger partial charge >= 0.3 is 0 Å². The molecule has 0 bridgehead atoms. The van der Waals surface area contributed by atoms with Crippen LogP contribution in [-0.4, -0.2) is 35.4 Å². The predicted octanol–water partition coefficient (Wildman–Crippen LogP) is 5.31. The summed E-state index contributed by atoms with van der Waals surface area (Å²) in [5, 5.41) is 3.16. The van der Waals surface area contributed by atoms with Gasteiger partial charge in [-0.1, -0.05) is 65.0 Å². The Labute approximate surface area is 199 Å². The maximum atomic E-state index is 13.2. The first-order valence-electron chi connectivity index (χ1n) is 11.4. The van der Waals surface area contributed by atoms with Crippen LogP contribution < -0.4 is 10.1 Å². The molecule has 2 amide bonds. The fraction of sp³-hybridized carbons (Fsp3) is 0.462. The van der Waals surface area contributed by atoms with Crippen molar-refractivity contribution in [3.8, 4) is 5.75 Å². The zero-order chi connectivity index (χ0) is 23.1. The summed E-state index contributed by atoms with van der Waals surface area (Å²) in [7, 11) is 0. The number of carbonyl (C=O) groups is 2. The van der Waals surface area contributed by atoms with Gasteiger partial charge in [-0.15, -0.1) is 0 Å². The molecular formula is C26H33BrN2O3. The third-order valence-electron chi connectivity index (χ3n) is 6.05. The van der Waals surface area contributed by atoms with Crippen LogP contribution in [0.4, 0.5) is 0 Å². The van der Waals surface area contributed by atoms with Crippen molar-refractivity contribution in [1.29, 1.82) is 0 Å². The first-order valence-corrected chi connectivity index (χ1v) is 12.2. The fourth-order valence-electron chi connectivity index (χ4n) is 4.09. The Morgan fingerprint density at radius 3 is 2.56 bits per heavy atom. The van der Waals surface area contributed by atoms with Crippen molar-refractivity contribution in [2.45, 2.75) is 71.5 Å². The summed E-state index contributed by atoms with van der Waals surface area (Å²) in [6, 6.07) is 13.3. The molecule has 1 N–H and O–H groups in total. The molecule has 2 aromatic rings. The van der Waals surface area contributed by atoms with Crippen molar-refractivity contribution >= 4 is 27.7 Å². The van der Waals surface area contributed by atoms with Gasteiger partial charge in [0.25, 0.3) is 5.91 Å². The smallest absolute Gasteiger partial charge is 0.261 e. The van der Waals surface area contributed by atoms with E-state index >= 15 is 0 Å². The number of amides is 2. The molecule has 3 rings (SSSR count). The number of hydrogen-bond acceptors (Lipinski definition) is 3. The van der Waals surface area contributed by atoms with Crippen LogP contribution in [0.15, 0.2) is 46.9 Å². The molecule has 0 saturated heterocycles. The van der Waals surface area contributed by atoms with E-state index in [2.05, 4.69) is 21.2 Å². The van der Waals surface area contributed by atoms with Crippen LogP contribution in [0.5, 0.6) is 5.75 Å². The van der Waals surface area contributed by atoms with Crippen molar-refractivity contribution in [3.63, 3.8) is 0 Å². The Morgan fingerprint density at radius 2 is 1.88 bits per heavy atom. The lowest BCUT2D eigenvalue weighted by atomic mass is 9.95. The maximum absolute atomic E-state index is 13.2. The molecule has 0 spiro atoms. The van der Waals surface area contributed by atoms with Crippen LogP contribution in [0, 0.1) is 13.8 Å². The van der Waals surface area contributed by atoms with Crippen LogP contribution in [0.3, 0.4) is 0 Å². The Bertz CT molecular complexity index is 940. The van der Waals surface area contributed by atoms with Crippen LogP contribution in [0.25, 0.3) is 0 Å². The van der Waals surface area contributed by atoms with Crippen LogP contribution in [0.2, 0.25) is 0 Å². The van der Waals surface area contributed by atoms with Gasteiger partial charge in [0, 0.05) is 17.1 Å². The Hall–Kier alpha value is -2.34. The first kappa shape index (κ1) is 24.3. The summed E-state index contributed by atoms with van der Waals surface area (Å²) < 4.78 is 6.77. The number of nitrogens with one attached hydrogen (secondary N) is 1. The standard InChI is InChI=1S/C26H33BrN2O3/c1-18-8-7-9-21(14-18)16-29(20(3)26(31)28-22-10-5-4-6-11-22)25(30)17-32-23-12-13-24(27)19(2)15-23/h7-9,12-15,20,22H,4-6,10-11,16-17H2,1-3H3,(H,28,31)/t20-/m0/s1. The van der Waals surface area contributed by atoms with E-state index in [0.717, 1.165) is 46.8 Å². The van der Waals surface area contributed by atoms with Crippen LogP contribution >= 0.6 is 15.9 Å². The highest BCUT2D eigenvalue weighted by Gasteiger charge is 2.28. The molecule has 6 heteroatoms. The quantitative estimate of drug-likeness (QED) is 0.534. The van der Waals surface area contributed by atoms with Gasteiger partial charge in [-0.3, -0.25) is 9.59 Å². The molecule has 32 heavy (non-hydrogen) atoms. The normalized spacial score (nSPS) is 15.1. The monoisotopic (exact) mass is 500 g/mol. The topological polar surface area (TPSA) is 58.6 Å². The van der Waals surface area contributed by atoms with E-state index in [1.165, 1.54) is 6.42 Å². The molecule has 0 aliphatic heterocycles. The van der Waals surface area contributed by atoms with Gasteiger partial charge in [0.2, 0.25) is 5.91 Å². The van der Waals surface area contributed by atoms with Crippen molar-refractivity contribution in [1.82, 2.24) is 10.2 Å². The minimum absolute atomic E-state index is 0.0996. The van der Waals surface area contributed by atoms with Gasteiger partial charge in [-0.2, -0.15) is 0 Å². The number of rotatable bonds is 8. The minimum Gasteiger partial charge on any atom is -0.484 e. The molecule has 1 aliphatic carbocycles. The molecule has 0 unspecified atom stereocenters. The first-order chi connectivity index (χ1) is 15.3. The van der Waals surface area contributed by atoms with E-state index in [1.807, 2.05) is 56.3 Å². The van der Waals surface area contributed by atoms with Crippen molar-refractivity contribution in [2.24, 2.45) is 0 Å². The molecule has 0 heterocycles. The summed E-state index contributed by atoms with van der Waals surface area (Å²) in [5.41, 5.74) is 3.15. The van der Waals surface area contributed by atoms with Gasteiger partial charge in [0.1, 0.15) is 11.8 Å². The van der Waals surface area contributed by atoms with E-state index in [0.29, 0.717) is 12.3 Å². The highest BCUT2D eigenvalue weighted by molar-refractivity contribution is 9.10. The number of carbonyl (C=O) groups excluding carboxylic acids is 2. The molecule has 2 aromatic carbocycles. The summed E-state index contributed by atoms with van der Waals surface area (Å²) in [4.78, 5) is 27.9. The molecule has 0 radical (unpaired) electrons. The second kappa shape index (κ2) is 11.5. The Balaban J connectivity index is 1.71. The number of ether oxygens (including phenoxy) is 1. The number of benzene rings is 2. The Kier molecular flexibility index (Phi) is 8.74. The van der Waals surface area contributed by atoms with Crippen molar-refractivity contribution in [3.05, 3.63) is 63.6 Å². The molecule has 0 aromatic heterocycles. The van der Waals surface area contributed by atoms with E-state index in [-0.39, 0.29) is 24.5 Å². The number of aryl methyl sites for hydroxylation is 2. The summed E-state index contributed by atoms with van der Waals surface area (Å²) in [6.07, 6.45) is 5.54. The third kappa shape index (κ3) is 6.83. The minimum atomic E-state index is -0.583. The molecule has 5 nitrogen and oxygen atoms in total. The Morgan fingerprint density at radius 1 is 1.12 bits per heavy atom. The third-order valence-corrected chi connectivity index (χ3v) is 6.94. The largest absolute Gasteiger partial charge is 0.484 e. The lowest BCUT2D eigenvalue weighted by Crippen LogP contribution is -2.51. The van der Waals surface area contributed by atoms with E-state index in [9.17, 15) is 9.59 Å². The SMILES string of the molecule is Cc1cccc(CN(C(=O)COc2ccc(Br)c(C)c2)[C@@H](C)C(=O)NC2CCCCC2)c1. The lowest BCUT2D eigenvalue weighted by Gasteiger charge is -2.31. The average Bonchev–Trinajstić information content (AvgIpc) is 2.78. The predicted molar refractivity (Wildman–Crippen MR) is 131 cm³/mol. The van der Waals surface area contributed by atoms with Crippen molar-refractivity contribution < 1.29 is 14.3 Å². The lowest BCUT2D eigenvalue weighted by molar-refractivity contribution is -0.142. The number of halogens is 1. The van der Waals surface area contributed by atoms with Gasteiger partial charge < -0.3 is 15.0 Å². The molecule has 1 aliphatic rings. The van der Waals surface area contributed by atoms with E-state index in [4.69, 9.17) is 4.74 Å². The average molecular weight is 501 g/mol. The zero-order valence-corrected chi connectivity index (χ0v) is 20.8. The zero-order valence-electron chi connectivity index (χ0n) is 19.2. The molecule has 1 atom stereocenters. The van der Waals surface area contributed by atoms with E-state index < -0.39 is 6.04 Å². The highest BCUT2D eigenvalue weighted by Crippen LogP contribution is 2.22. The van der Waals surface area contributed by atoms with Crippen molar-refractivity contribution in [2.75, 3.05) is 6.61 Å². The van der Waals surface area contributed by atoms with Crippen LogP contribution in [-0.2, 0) is 16.1 Å². The second-order valence-electron chi connectivity index (χ2n) is 8.73. The summed E-state index contributed by atoms with van der Waals surface area (Å²) in [6.45, 7) is 6.04. The van der Waals surface area contributed by atoms with Gasteiger partial charge in [-0.25, -0.2) is 0 Å². The van der Waals surface area contributed by atoms with E-state index in [1.54, 1.807) is 11.8 Å². The van der Waals surface area contributed by atoms with Gasteiger partial charge in [0.05, 0.1) is 0 Å².